The van der Waals surface area contributed by atoms with E-state index in [1.165, 1.54) is 0 Å². The van der Waals surface area contributed by atoms with Crippen LogP contribution < -0.4 is 0 Å². The molecule has 1 heterocycles. The number of rotatable bonds is 1. The summed E-state index contributed by atoms with van der Waals surface area (Å²) < 4.78 is 36.4. The van der Waals surface area contributed by atoms with Crippen molar-refractivity contribution in [1.82, 2.24) is 4.98 Å². The number of alkyl halides is 2. The molecule has 0 N–H and O–H groups in total. The number of pyridine rings is 1. The fraction of sp³-hybridized carbons (Fsp3) is 0.167. The van der Waals surface area contributed by atoms with Crippen LogP contribution >= 0.6 is 23.2 Å². The number of halogens is 5. The molecule has 0 saturated carbocycles. The third-order valence-electron chi connectivity index (χ3n) is 1.12. The molecule has 0 aliphatic rings. The minimum absolute atomic E-state index is 0.264. The van der Waals surface area contributed by atoms with Gasteiger partial charge in [-0.2, -0.15) is 4.39 Å². The van der Waals surface area contributed by atoms with Gasteiger partial charge in [-0.25, -0.2) is 13.8 Å². The van der Waals surface area contributed by atoms with Gasteiger partial charge in [-0.3, -0.25) is 0 Å². The third-order valence-corrected chi connectivity index (χ3v) is 1.87. The van der Waals surface area contributed by atoms with E-state index in [4.69, 9.17) is 23.2 Å². The number of hydrogen-bond acceptors (Lipinski definition) is 1. The molecule has 0 spiro atoms. The van der Waals surface area contributed by atoms with Crippen molar-refractivity contribution in [3.8, 4) is 0 Å². The Morgan fingerprint density at radius 3 is 2.33 bits per heavy atom. The molecule has 0 aliphatic carbocycles. The lowest BCUT2D eigenvalue weighted by molar-refractivity contribution is 0.145. The van der Waals surface area contributed by atoms with Crippen molar-refractivity contribution in [2.24, 2.45) is 0 Å². The molecular formula is C6H2Cl2F3N. The summed E-state index contributed by atoms with van der Waals surface area (Å²) >= 11 is 10.6. The molecule has 66 valence electrons. The van der Waals surface area contributed by atoms with Gasteiger partial charge >= 0.3 is 0 Å². The highest BCUT2D eigenvalue weighted by Crippen LogP contribution is 2.27. The predicted molar refractivity (Wildman–Crippen MR) is 39.2 cm³/mol. The van der Waals surface area contributed by atoms with Gasteiger partial charge in [-0.05, 0) is 6.07 Å². The zero-order chi connectivity index (χ0) is 9.30. The molecule has 1 aromatic heterocycles. The summed E-state index contributed by atoms with van der Waals surface area (Å²) in [6, 6.07) is 0.831. The average molecular weight is 216 g/mol. The predicted octanol–water partition coefficient (Wildman–Crippen LogP) is 3.47. The number of aromatic nitrogens is 1. The maximum absolute atomic E-state index is 12.5. The van der Waals surface area contributed by atoms with E-state index >= 15 is 0 Å². The van der Waals surface area contributed by atoms with Crippen molar-refractivity contribution in [3.63, 3.8) is 0 Å². The van der Waals surface area contributed by atoms with Crippen LogP contribution in [-0.4, -0.2) is 4.98 Å². The highest BCUT2D eigenvalue weighted by atomic mass is 35.5. The van der Waals surface area contributed by atoms with Gasteiger partial charge in [0.1, 0.15) is 10.7 Å². The zero-order valence-corrected chi connectivity index (χ0v) is 7.00. The minimum Gasteiger partial charge on any atom is -0.217 e. The lowest BCUT2D eigenvalue weighted by Crippen LogP contribution is -1.94. The van der Waals surface area contributed by atoms with E-state index in [0.29, 0.717) is 0 Å². The maximum Gasteiger partial charge on any atom is 0.280 e. The molecular weight excluding hydrogens is 214 g/mol. The zero-order valence-electron chi connectivity index (χ0n) is 5.49. The average Bonchev–Trinajstić information content (AvgIpc) is 1.99. The second kappa shape index (κ2) is 3.49. The summed E-state index contributed by atoms with van der Waals surface area (Å²) in [6.45, 7) is 0. The summed E-state index contributed by atoms with van der Waals surface area (Å²) in [5.74, 6) is -1.18. The largest absolute Gasteiger partial charge is 0.280 e. The first-order valence-corrected chi connectivity index (χ1v) is 3.57. The molecule has 0 unspecified atom stereocenters. The van der Waals surface area contributed by atoms with Gasteiger partial charge in [0, 0.05) is 0 Å². The van der Waals surface area contributed by atoms with E-state index in [2.05, 4.69) is 4.98 Å². The van der Waals surface area contributed by atoms with Crippen molar-refractivity contribution in [3.05, 3.63) is 27.8 Å². The first-order valence-electron chi connectivity index (χ1n) is 2.82. The molecule has 0 bridgehead atoms. The molecule has 12 heavy (non-hydrogen) atoms. The second-order valence-corrected chi connectivity index (χ2v) is 2.72. The number of nitrogens with zero attached hydrogens (tertiary/aromatic N) is 1. The molecule has 0 saturated heterocycles. The third kappa shape index (κ3) is 1.81. The van der Waals surface area contributed by atoms with Crippen LogP contribution in [0.3, 0.4) is 0 Å². The molecule has 1 nitrogen and oxygen atoms in total. The molecule has 0 aliphatic heterocycles. The van der Waals surface area contributed by atoms with Crippen LogP contribution in [0, 0.1) is 5.95 Å². The lowest BCUT2D eigenvalue weighted by Gasteiger charge is -2.01. The Kier molecular flexibility index (Phi) is 2.80. The summed E-state index contributed by atoms with van der Waals surface area (Å²) in [6.07, 6.45) is -2.85. The van der Waals surface area contributed by atoms with Crippen LogP contribution in [0.4, 0.5) is 13.2 Å². The summed E-state index contributed by atoms with van der Waals surface area (Å²) in [5, 5.41) is -0.708. The van der Waals surface area contributed by atoms with E-state index in [1.807, 2.05) is 0 Å². The monoisotopic (exact) mass is 215 g/mol. The molecule has 0 fully saturated rings. The van der Waals surface area contributed by atoms with Crippen molar-refractivity contribution in [2.75, 3.05) is 0 Å². The van der Waals surface area contributed by atoms with Crippen LogP contribution in [0.25, 0.3) is 0 Å². The topological polar surface area (TPSA) is 12.9 Å². The van der Waals surface area contributed by atoms with Gasteiger partial charge in [-0.1, -0.05) is 23.2 Å². The van der Waals surface area contributed by atoms with Crippen molar-refractivity contribution in [2.45, 2.75) is 6.43 Å². The smallest absolute Gasteiger partial charge is 0.217 e. The highest BCUT2D eigenvalue weighted by molar-refractivity contribution is 6.41. The normalized spacial score (nSPS) is 10.8. The van der Waals surface area contributed by atoms with Gasteiger partial charge in [0.15, 0.2) is 0 Å². The van der Waals surface area contributed by atoms with Gasteiger partial charge in [-0.15, -0.1) is 0 Å². The van der Waals surface area contributed by atoms with E-state index < -0.39 is 23.1 Å². The minimum atomic E-state index is -2.85. The Balaban J connectivity index is 3.21. The Bertz CT molecular complexity index is 280. The first-order chi connectivity index (χ1) is 5.52. The Morgan fingerprint density at radius 2 is 1.92 bits per heavy atom. The van der Waals surface area contributed by atoms with Crippen LogP contribution in [0.15, 0.2) is 6.07 Å². The molecule has 0 amide bonds. The summed E-state index contributed by atoms with van der Waals surface area (Å²) in [5.41, 5.74) is -0.720. The summed E-state index contributed by atoms with van der Waals surface area (Å²) in [4.78, 5) is 2.90. The van der Waals surface area contributed by atoms with Crippen LogP contribution in [0.2, 0.25) is 10.0 Å². The molecule has 0 aromatic carbocycles. The van der Waals surface area contributed by atoms with Crippen LogP contribution in [-0.2, 0) is 0 Å². The van der Waals surface area contributed by atoms with Crippen molar-refractivity contribution in [1.29, 1.82) is 0 Å². The lowest BCUT2D eigenvalue weighted by atomic mass is 10.3. The van der Waals surface area contributed by atoms with E-state index in [9.17, 15) is 13.2 Å². The fourth-order valence-electron chi connectivity index (χ4n) is 0.598. The fourth-order valence-corrected chi connectivity index (χ4v) is 0.885. The van der Waals surface area contributed by atoms with E-state index in [0.717, 1.165) is 6.07 Å². The Morgan fingerprint density at radius 1 is 1.33 bits per heavy atom. The summed E-state index contributed by atoms with van der Waals surface area (Å²) in [7, 11) is 0. The van der Waals surface area contributed by atoms with E-state index in [1.54, 1.807) is 0 Å². The first kappa shape index (κ1) is 9.61. The van der Waals surface area contributed by atoms with Crippen LogP contribution in [0.1, 0.15) is 12.1 Å². The standard InChI is InChI=1S/C6H2Cl2F3N/c7-2-1-3(5(9)10)12-6(11)4(2)8/h1,5H. The second-order valence-electron chi connectivity index (χ2n) is 1.93. The van der Waals surface area contributed by atoms with Crippen molar-refractivity contribution >= 4 is 23.2 Å². The SMILES string of the molecule is Fc1nc(C(F)F)cc(Cl)c1Cl. The highest BCUT2D eigenvalue weighted by Gasteiger charge is 2.15. The van der Waals surface area contributed by atoms with Gasteiger partial charge in [0.25, 0.3) is 6.43 Å². The molecule has 1 rings (SSSR count). The van der Waals surface area contributed by atoms with Crippen LogP contribution in [0.5, 0.6) is 0 Å². The van der Waals surface area contributed by atoms with E-state index in [-0.39, 0.29) is 5.02 Å². The molecule has 6 heteroatoms. The molecule has 0 atom stereocenters. The van der Waals surface area contributed by atoms with Gasteiger partial charge in [0.2, 0.25) is 5.95 Å². The Hall–Kier alpha value is -0.480. The molecule has 0 radical (unpaired) electrons. The quantitative estimate of drug-likeness (QED) is 0.655. The Labute approximate surface area is 76.1 Å². The van der Waals surface area contributed by atoms with Crippen molar-refractivity contribution < 1.29 is 13.2 Å². The van der Waals surface area contributed by atoms with Gasteiger partial charge in [0.05, 0.1) is 5.02 Å². The van der Waals surface area contributed by atoms with Gasteiger partial charge < -0.3 is 0 Å². The number of hydrogen-bond donors (Lipinski definition) is 0. The molecule has 1 aromatic rings. The maximum atomic E-state index is 12.5.